The van der Waals surface area contributed by atoms with Crippen LogP contribution in [-0.4, -0.2) is 6.54 Å². The fourth-order valence-corrected chi connectivity index (χ4v) is 1.15. The minimum absolute atomic E-state index is 0.0309. The zero-order valence-electron chi connectivity index (χ0n) is 8.30. The first kappa shape index (κ1) is 12.1. The summed E-state index contributed by atoms with van der Waals surface area (Å²) in [6, 6.07) is 4.72. The summed E-state index contributed by atoms with van der Waals surface area (Å²) in [4.78, 5) is 0. The Kier molecular flexibility index (Phi) is 3.56. The third kappa shape index (κ3) is 2.76. The van der Waals surface area contributed by atoms with E-state index in [0.29, 0.717) is 12.2 Å². The van der Waals surface area contributed by atoms with Gasteiger partial charge in [-0.2, -0.15) is 18.4 Å². The molecule has 0 bridgehead atoms. The number of hydrogen-bond acceptors (Lipinski definition) is 2. The molecule has 1 aromatic rings. The van der Waals surface area contributed by atoms with Crippen molar-refractivity contribution in [1.29, 1.82) is 5.26 Å². The monoisotopic (exact) mass is 226 g/mol. The van der Waals surface area contributed by atoms with E-state index in [1.54, 1.807) is 12.1 Å². The van der Waals surface area contributed by atoms with Crippen molar-refractivity contribution in [3.05, 3.63) is 42.0 Å². The maximum atomic E-state index is 12.3. The number of nitriles is 1. The van der Waals surface area contributed by atoms with E-state index in [0.717, 1.165) is 12.1 Å². The van der Waals surface area contributed by atoms with Gasteiger partial charge in [0, 0.05) is 6.54 Å². The van der Waals surface area contributed by atoms with Gasteiger partial charge in [0.25, 0.3) is 0 Å². The highest BCUT2D eigenvalue weighted by Gasteiger charge is 2.30. The molecule has 0 aliphatic carbocycles. The number of halogens is 3. The van der Waals surface area contributed by atoms with Crippen LogP contribution in [0.3, 0.4) is 0 Å². The molecule has 0 amide bonds. The van der Waals surface area contributed by atoms with Crippen LogP contribution in [0.5, 0.6) is 0 Å². The Morgan fingerprint density at radius 2 is 2.12 bits per heavy atom. The van der Waals surface area contributed by atoms with Gasteiger partial charge in [-0.1, -0.05) is 6.08 Å². The lowest BCUT2D eigenvalue weighted by molar-refractivity contribution is -0.137. The van der Waals surface area contributed by atoms with Crippen molar-refractivity contribution in [2.24, 2.45) is 0 Å². The van der Waals surface area contributed by atoms with Crippen molar-refractivity contribution in [2.75, 3.05) is 11.9 Å². The molecule has 0 unspecified atom stereocenters. The maximum absolute atomic E-state index is 12.3. The summed E-state index contributed by atoms with van der Waals surface area (Å²) in [5.41, 5.74) is -0.486. The van der Waals surface area contributed by atoms with Gasteiger partial charge in [-0.05, 0) is 18.2 Å². The number of nitrogens with one attached hydrogen (secondary N) is 1. The van der Waals surface area contributed by atoms with Crippen LogP contribution in [0.25, 0.3) is 0 Å². The lowest BCUT2D eigenvalue weighted by Gasteiger charge is -2.10. The fraction of sp³-hybridized carbons (Fsp3) is 0.182. The molecule has 1 aromatic carbocycles. The Bertz CT molecular complexity index is 430. The van der Waals surface area contributed by atoms with E-state index in [1.807, 2.05) is 0 Å². The topological polar surface area (TPSA) is 35.8 Å². The van der Waals surface area contributed by atoms with Gasteiger partial charge in [0.15, 0.2) is 0 Å². The molecule has 0 spiro atoms. The number of hydrogen-bond donors (Lipinski definition) is 1. The van der Waals surface area contributed by atoms with Gasteiger partial charge in [0.2, 0.25) is 0 Å². The molecule has 0 aliphatic heterocycles. The fourth-order valence-electron chi connectivity index (χ4n) is 1.15. The Morgan fingerprint density at radius 3 is 2.62 bits per heavy atom. The number of alkyl halides is 3. The standard InChI is InChI=1S/C11H9F3N2/c1-2-5-16-10-4-3-9(11(12,13)14)6-8(10)7-15/h2-4,6,16H,1,5H2. The van der Waals surface area contributed by atoms with E-state index in [4.69, 9.17) is 5.26 Å². The minimum Gasteiger partial charge on any atom is -0.381 e. The Balaban J connectivity index is 3.08. The zero-order valence-corrected chi connectivity index (χ0v) is 8.30. The van der Waals surface area contributed by atoms with Crippen molar-refractivity contribution >= 4 is 5.69 Å². The molecule has 0 saturated carbocycles. The van der Waals surface area contributed by atoms with Crippen molar-refractivity contribution in [1.82, 2.24) is 0 Å². The number of anilines is 1. The largest absolute Gasteiger partial charge is 0.416 e. The van der Waals surface area contributed by atoms with Crippen molar-refractivity contribution in [3.63, 3.8) is 0 Å². The van der Waals surface area contributed by atoms with Crippen LogP contribution >= 0.6 is 0 Å². The number of rotatable bonds is 3. The molecule has 2 nitrogen and oxygen atoms in total. The summed E-state index contributed by atoms with van der Waals surface area (Å²) < 4.78 is 37.0. The lowest BCUT2D eigenvalue weighted by atomic mass is 10.1. The van der Waals surface area contributed by atoms with Crippen LogP contribution in [0.2, 0.25) is 0 Å². The van der Waals surface area contributed by atoms with E-state index in [2.05, 4.69) is 11.9 Å². The van der Waals surface area contributed by atoms with Gasteiger partial charge in [-0.15, -0.1) is 6.58 Å². The number of benzene rings is 1. The summed E-state index contributed by atoms with van der Waals surface area (Å²) in [5.74, 6) is 0. The van der Waals surface area contributed by atoms with E-state index in [1.165, 1.54) is 6.07 Å². The summed E-state index contributed by atoms with van der Waals surface area (Å²) in [6.45, 7) is 3.85. The molecule has 0 heterocycles. The molecule has 1 rings (SSSR count). The number of nitrogens with zero attached hydrogens (tertiary/aromatic N) is 1. The molecule has 1 N–H and O–H groups in total. The van der Waals surface area contributed by atoms with E-state index in [9.17, 15) is 13.2 Å². The second kappa shape index (κ2) is 4.71. The molecule has 84 valence electrons. The molecule has 0 saturated heterocycles. The van der Waals surface area contributed by atoms with Gasteiger partial charge in [0.05, 0.1) is 16.8 Å². The third-order valence-electron chi connectivity index (χ3n) is 1.90. The molecular formula is C11H9F3N2. The smallest absolute Gasteiger partial charge is 0.381 e. The Morgan fingerprint density at radius 1 is 1.44 bits per heavy atom. The summed E-state index contributed by atoms with van der Waals surface area (Å²) >= 11 is 0. The predicted octanol–water partition coefficient (Wildman–Crippen LogP) is 3.17. The van der Waals surface area contributed by atoms with Gasteiger partial charge in [-0.3, -0.25) is 0 Å². The predicted molar refractivity (Wildman–Crippen MR) is 54.8 cm³/mol. The van der Waals surface area contributed by atoms with Gasteiger partial charge in [0.1, 0.15) is 6.07 Å². The van der Waals surface area contributed by atoms with Crippen LogP contribution in [0, 0.1) is 11.3 Å². The average Bonchev–Trinajstić information content (AvgIpc) is 2.24. The van der Waals surface area contributed by atoms with Crippen LogP contribution < -0.4 is 5.32 Å². The quantitative estimate of drug-likeness (QED) is 0.803. The molecule has 0 aliphatic rings. The Labute approximate surface area is 91.0 Å². The molecule has 0 atom stereocenters. The second-order valence-electron chi connectivity index (χ2n) is 3.04. The van der Waals surface area contributed by atoms with Gasteiger partial charge >= 0.3 is 6.18 Å². The van der Waals surface area contributed by atoms with E-state index < -0.39 is 11.7 Å². The highest BCUT2D eigenvalue weighted by Crippen LogP contribution is 2.31. The van der Waals surface area contributed by atoms with E-state index in [-0.39, 0.29) is 5.56 Å². The molecular weight excluding hydrogens is 217 g/mol. The van der Waals surface area contributed by atoms with Gasteiger partial charge < -0.3 is 5.32 Å². The first-order valence-electron chi connectivity index (χ1n) is 4.45. The minimum atomic E-state index is -4.43. The SMILES string of the molecule is C=CCNc1ccc(C(F)(F)F)cc1C#N. The van der Waals surface area contributed by atoms with Crippen molar-refractivity contribution < 1.29 is 13.2 Å². The summed E-state index contributed by atoms with van der Waals surface area (Å²) in [5, 5.41) is 11.5. The highest BCUT2D eigenvalue weighted by atomic mass is 19.4. The average molecular weight is 226 g/mol. The zero-order chi connectivity index (χ0) is 12.2. The first-order valence-corrected chi connectivity index (χ1v) is 4.45. The van der Waals surface area contributed by atoms with Crippen LogP contribution in [-0.2, 0) is 6.18 Å². The van der Waals surface area contributed by atoms with E-state index >= 15 is 0 Å². The van der Waals surface area contributed by atoms with Crippen LogP contribution in [0.15, 0.2) is 30.9 Å². The molecule has 5 heteroatoms. The molecule has 16 heavy (non-hydrogen) atoms. The second-order valence-corrected chi connectivity index (χ2v) is 3.04. The van der Waals surface area contributed by atoms with Crippen molar-refractivity contribution in [2.45, 2.75) is 6.18 Å². The van der Waals surface area contributed by atoms with Crippen LogP contribution in [0.4, 0.5) is 18.9 Å². The third-order valence-corrected chi connectivity index (χ3v) is 1.90. The van der Waals surface area contributed by atoms with Crippen molar-refractivity contribution in [3.8, 4) is 6.07 Å². The molecule has 0 fully saturated rings. The highest BCUT2D eigenvalue weighted by molar-refractivity contribution is 5.59. The van der Waals surface area contributed by atoms with Crippen LogP contribution in [0.1, 0.15) is 11.1 Å². The Hall–Kier alpha value is -1.96. The normalized spacial score (nSPS) is 10.6. The summed E-state index contributed by atoms with van der Waals surface area (Å²) in [6.07, 6.45) is -2.87. The maximum Gasteiger partial charge on any atom is 0.416 e. The van der Waals surface area contributed by atoms with Gasteiger partial charge in [-0.25, -0.2) is 0 Å². The lowest BCUT2D eigenvalue weighted by Crippen LogP contribution is -2.07. The first-order chi connectivity index (χ1) is 7.49. The molecule has 0 radical (unpaired) electrons. The summed E-state index contributed by atoms with van der Waals surface area (Å²) in [7, 11) is 0. The molecule has 0 aromatic heterocycles.